The number of rotatable bonds is 79. The van der Waals surface area contributed by atoms with Crippen molar-refractivity contribution in [3.05, 3.63) is 12.2 Å². The zero-order valence-corrected chi connectivity index (χ0v) is 75.6. The number of allylic oxidation sites excluding steroid dienone is 2. The van der Waals surface area contributed by atoms with Gasteiger partial charge in [0, 0.05) is 25.7 Å². The Morgan fingerprint density at radius 2 is 0.630 bits per heavy atom. The first-order valence-corrected chi connectivity index (χ1v) is 49.9. The molecule has 18 unspecified atom stereocenters. The fourth-order valence-corrected chi connectivity index (χ4v) is 17.0. The van der Waals surface area contributed by atoms with E-state index < -0.39 is 162 Å². The van der Waals surface area contributed by atoms with E-state index in [4.69, 9.17) is 46.9 Å². The van der Waals surface area contributed by atoms with Crippen molar-refractivity contribution >= 4 is 31.7 Å². The minimum atomic E-state index is -5.81. The maximum absolute atomic E-state index is 14.9. The van der Waals surface area contributed by atoms with Crippen molar-refractivity contribution in [2.45, 2.75) is 530 Å². The van der Waals surface area contributed by atoms with E-state index in [0.29, 0.717) is 38.5 Å². The van der Waals surface area contributed by atoms with Gasteiger partial charge in [0.15, 0.2) is 24.8 Å². The third kappa shape index (κ3) is 52.2. The molecule has 25 nitrogen and oxygen atoms in total. The molecule has 3 fully saturated rings. The summed E-state index contributed by atoms with van der Waals surface area (Å²) >= 11 is 0. The number of carbonyl (C=O) groups is 4. The summed E-state index contributed by atoms with van der Waals surface area (Å²) in [5, 5.41) is 102. The quantitative estimate of drug-likeness (QED) is 0.00889. The first kappa shape index (κ1) is 110. The Balaban J connectivity index is 1.90. The van der Waals surface area contributed by atoms with E-state index in [2.05, 4.69) is 39.8 Å². The Hall–Kier alpha value is -2.79. The lowest BCUT2D eigenvalue weighted by atomic mass is 9.84. The Morgan fingerprint density at radius 3 is 1.01 bits per heavy atom. The number of phosphoric ester groups is 1. The van der Waals surface area contributed by atoms with Crippen molar-refractivity contribution in [2.24, 2.45) is 0 Å². The largest absolute Gasteiger partial charge is 0.472 e. The van der Waals surface area contributed by atoms with Crippen LogP contribution in [0.1, 0.15) is 426 Å². The molecule has 2 saturated heterocycles. The Kier molecular flexibility index (Phi) is 67.0. The molecule has 1 saturated carbocycles. The first-order chi connectivity index (χ1) is 57.7. The van der Waals surface area contributed by atoms with E-state index in [0.717, 1.165) is 141 Å². The highest BCUT2D eigenvalue weighted by molar-refractivity contribution is 7.47. The molecule has 700 valence electrons. The van der Waals surface area contributed by atoms with Gasteiger partial charge in [-0.2, -0.15) is 0 Å². The van der Waals surface area contributed by atoms with Crippen molar-refractivity contribution in [3.63, 3.8) is 0 Å². The molecule has 0 radical (unpaired) electrons. The number of ether oxygens (including phenoxy) is 8. The van der Waals surface area contributed by atoms with Crippen LogP contribution in [0, 0.1) is 0 Å². The second kappa shape index (κ2) is 72.3. The van der Waals surface area contributed by atoms with Gasteiger partial charge in [0.1, 0.15) is 92.6 Å². The fourth-order valence-electron chi connectivity index (χ4n) is 16.1. The van der Waals surface area contributed by atoms with E-state index in [-0.39, 0.29) is 25.7 Å². The van der Waals surface area contributed by atoms with Gasteiger partial charge in [-0.05, 0) is 51.4 Å². The molecule has 0 aromatic heterocycles. The normalized spacial score (nSPS) is 24.8. The van der Waals surface area contributed by atoms with Gasteiger partial charge in [-0.15, -0.1) is 0 Å². The molecular formula is C93H173O25P. The zero-order chi connectivity index (χ0) is 86.8. The standard InChI is InChI=1S/C93H173O25P/c1-5-9-13-17-21-25-29-33-36-39-42-45-49-53-57-61-65-76(95)109-70-73(112-78(97)67-63-59-55-51-48-44-38-35-31-27-23-19-15-11-7-3)71-111-119(107,108)118-91-89(116-92-86(105)82(101)80(99)74(69-94)113-92)85(104)84(103)88(115-79(98)68-64-60-56-52-47-41-32-28-24-20-16-12-8-4)90(91)117-93-87(106)83(102)81(100)75(114-93)72-110-77(96)66-62-58-54-50-46-43-40-37-34-30-26-22-18-14-10-6-2/h27,31,73-75,80-94,99-106H,5-26,28-30,32-72H2,1-4H3,(H,107,108)/b31-27-. The molecule has 2 heterocycles. The number of hydrogen-bond acceptors (Lipinski definition) is 24. The highest BCUT2D eigenvalue weighted by Gasteiger charge is 2.60. The third-order valence-electron chi connectivity index (χ3n) is 23.8. The predicted octanol–water partition coefficient (Wildman–Crippen LogP) is 18.3. The van der Waals surface area contributed by atoms with Crippen molar-refractivity contribution < 1.29 is 122 Å². The monoisotopic (exact) mass is 1720 g/mol. The number of phosphoric acid groups is 1. The van der Waals surface area contributed by atoms with Crippen molar-refractivity contribution in [2.75, 3.05) is 26.4 Å². The Labute approximate surface area is 718 Å². The van der Waals surface area contributed by atoms with Crippen LogP contribution in [-0.4, -0.2) is 205 Å². The summed E-state index contributed by atoms with van der Waals surface area (Å²) in [4.78, 5) is 66.5. The molecule has 1 aliphatic carbocycles. The lowest BCUT2D eigenvalue weighted by Gasteiger charge is -2.50. The van der Waals surface area contributed by atoms with Crippen LogP contribution in [-0.2, 0) is 70.7 Å². The molecule has 0 spiro atoms. The Morgan fingerprint density at radius 1 is 0.328 bits per heavy atom. The smallest absolute Gasteiger partial charge is 0.463 e. The summed E-state index contributed by atoms with van der Waals surface area (Å²) in [7, 11) is -5.81. The van der Waals surface area contributed by atoms with Crippen LogP contribution in [0.15, 0.2) is 12.2 Å². The number of aliphatic hydroxyl groups is 9. The Bertz CT molecular complexity index is 2520. The fraction of sp³-hybridized carbons (Fsp3) is 0.935. The average Bonchev–Trinajstić information content (AvgIpc) is 0.755. The van der Waals surface area contributed by atoms with Gasteiger partial charge in [-0.1, -0.05) is 361 Å². The highest BCUT2D eigenvalue weighted by Crippen LogP contribution is 2.49. The highest BCUT2D eigenvalue weighted by atomic mass is 31.2. The van der Waals surface area contributed by atoms with Crippen LogP contribution in [0.25, 0.3) is 0 Å². The lowest BCUT2D eigenvalue weighted by Crippen LogP contribution is -2.70. The number of aliphatic hydroxyl groups excluding tert-OH is 9. The molecular weight excluding hydrogens is 1550 g/mol. The van der Waals surface area contributed by atoms with Crippen molar-refractivity contribution in [3.8, 4) is 0 Å². The summed E-state index contributed by atoms with van der Waals surface area (Å²) in [6.45, 7) is 5.62. The topological polar surface area (TPSA) is 380 Å². The molecule has 26 heteroatoms. The summed E-state index contributed by atoms with van der Waals surface area (Å²) in [6, 6.07) is 0. The maximum Gasteiger partial charge on any atom is 0.472 e. The number of esters is 4. The lowest BCUT2D eigenvalue weighted by molar-refractivity contribution is -0.360. The van der Waals surface area contributed by atoms with Crippen molar-refractivity contribution in [1.82, 2.24) is 0 Å². The van der Waals surface area contributed by atoms with E-state index in [1.807, 2.05) is 0 Å². The number of unbranched alkanes of at least 4 members (excludes halogenated alkanes) is 53. The third-order valence-corrected chi connectivity index (χ3v) is 24.8. The molecule has 3 rings (SSSR count). The minimum Gasteiger partial charge on any atom is -0.463 e. The van der Waals surface area contributed by atoms with Crippen LogP contribution in [0.4, 0.5) is 0 Å². The van der Waals surface area contributed by atoms with Crippen LogP contribution in [0.2, 0.25) is 0 Å². The predicted molar refractivity (Wildman–Crippen MR) is 463 cm³/mol. The average molecular weight is 1720 g/mol. The van der Waals surface area contributed by atoms with Crippen LogP contribution < -0.4 is 0 Å². The number of carbonyl (C=O) groups excluding carboxylic acids is 4. The van der Waals surface area contributed by atoms with E-state index in [9.17, 15) is 74.6 Å². The van der Waals surface area contributed by atoms with Gasteiger partial charge in [0.05, 0.1) is 13.2 Å². The summed E-state index contributed by atoms with van der Waals surface area (Å²) in [6.07, 6.45) is 31.9. The van der Waals surface area contributed by atoms with Gasteiger partial charge in [0.25, 0.3) is 0 Å². The van der Waals surface area contributed by atoms with E-state index >= 15 is 0 Å². The summed E-state index contributed by atoms with van der Waals surface area (Å²) < 4.78 is 73.5. The molecule has 0 aromatic carbocycles. The molecule has 2 aliphatic heterocycles. The van der Waals surface area contributed by atoms with Gasteiger partial charge in [-0.3, -0.25) is 28.2 Å². The van der Waals surface area contributed by atoms with Crippen molar-refractivity contribution in [1.29, 1.82) is 0 Å². The van der Waals surface area contributed by atoms with E-state index in [1.165, 1.54) is 193 Å². The van der Waals surface area contributed by atoms with Gasteiger partial charge < -0.3 is 88.7 Å². The molecule has 119 heavy (non-hydrogen) atoms. The molecule has 10 N–H and O–H groups in total. The van der Waals surface area contributed by atoms with Gasteiger partial charge >= 0.3 is 31.7 Å². The second-order valence-electron chi connectivity index (χ2n) is 34.6. The minimum absolute atomic E-state index is 0.0192. The molecule has 0 aromatic rings. The maximum atomic E-state index is 14.9. The molecule has 0 bridgehead atoms. The van der Waals surface area contributed by atoms with Crippen LogP contribution >= 0.6 is 7.82 Å². The summed E-state index contributed by atoms with van der Waals surface area (Å²) in [5.41, 5.74) is 0. The molecule has 3 aliphatic rings. The summed E-state index contributed by atoms with van der Waals surface area (Å²) in [5.74, 6) is -2.95. The van der Waals surface area contributed by atoms with Gasteiger partial charge in [-0.25, -0.2) is 4.57 Å². The van der Waals surface area contributed by atoms with Gasteiger partial charge in [0.2, 0.25) is 0 Å². The van der Waals surface area contributed by atoms with Crippen LogP contribution in [0.5, 0.6) is 0 Å². The zero-order valence-electron chi connectivity index (χ0n) is 74.7. The SMILES string of the molecule is CCCCCC/C=C\CCCCCCCCCC(=O)OC(COC(=O)CCCCCCCCCCCCCCCCCC)COP(=O)(O)OC1C(OC2OC(CO)C(O)C(O)C2O)C(O)C(O)C(OC(=O)CCCCCCCCCCCCCCC)C1OC1OC(COC(=O)CCCCCCCCCCCCCCCCCC)C(O)C(O)C1O. The molecule has 18 atom stereocenters. The van der Waals surface area contributed by atoms with Crippen LogP contribution in [0.3, 0.4) is 0 Å². The van der Waals surface area contributed by atoms with E-state index in [1.54, 1.807) is 0 Å². The number of hydrogen-bond donors (Lipinski definition) is 10. The molecule has 0 amide bonds. The second-order valence-corrected chi connectivity index (χ2v) is 36.0. The first-order valence-electron chi connectivity index (χ1n) is 48.4.